The summed E-state index contributed by atoms with van der Waals surface area (Å²) in [4.78, 5) is 97.7. The van der Waals surface area contributed by atoms with Crippen molar-refractivity contribution < 1.29 is 4.39 Å². The van der Waals surface area contributed by atoms with E-state index in [1.54, 1.807) is 58.4 Å². The molecule has 0 aliphatic rings. The fraction of sp³-hybridized carbons (Fsp3) is 0.147. The molecule has 0 saturated heterocycles. The minimum Gasteiger partial charge on any atom is -0.358 e. The first kappa shape index (κ1) is 58.5. The lowest BCUT2D eigenvalue weighted by molar-refractivity contribution is 0.630. The number of hydrogen-bond acceptors (Lipinski definition) is 15. The molecule has 4 N–H and O–H groups in total. The largest absolute Gasteiger partial charge is 0.358 e. The van der Waals surface area contributed by atoms with Crippen LogP contribution < -0.4 is 22.0 Å². The first-order valence-electron chi connectivity index (χ1n) is 29.3. The van der Waals surface area contributed by atoms with Crippen LogP contribution in [0.15, 0.2) is 204 Å². The van der Waals surface area contributed by atoms with Crippen molar-refractivity contribution in [1.29, 1.82) is 0 Å². The highest BCUT2D eigenvalue weighted by atomic mass is 35.5. The van der Waals surface area contributed by atoms with Crippen molar-refractivity contribution in [2.24, 2.45) is 0 Å². The van der Waals surface area contributed by atoms with Crippen LogP contribution in [0.4, 0.5) is 10.2 Å². The van der Waals surface area contributed by atoms with E-state index in [-0.39, 0.29) is 34.4 Å². The summed E-state index contributed by atoms with van der Waals surface area (Å²) in [5, 5.41) is 5.74. The highest BCUT2D eigenvalue weighted by molar-refractivity contribution is 6.35. The molecule has 0 amide bonds. The highest BCUT2D eigenvalue weighted by Crippen LogP contribution is 2.31. The van der Waals surface area contributed by atoms with Crippen LogP contribution in [0.5, 0.6) is 0 Å². The Hall–Kier alpha value is -11.5. The van der Waals surface area contributed by atoms with Crippen molar-refractivity contribution in [3.05, 3.63) is 266 Å². The third-order valence-electron chi connectivity index (χ3n) is 15.8. The van der Waals surface area contributed by atoms with Crippen LogP contribution in [-0.2, 0) is 12.8 Å². The van der Waals surface area contributed by atoms with E-state index in [0.717, 1.165) is 50.4 Å². The van der Waals surface area contributed by atoms with Crippen LogP contribution in [-0.4, -0.2) is 83.5 Å². The molecule has 23 heteroatoms. The van der Waals surface area contributed by atoms with E-state index in [2.05, 4.69) is 79.0 Å². The number of hydrogen-bond donors (Lipinski definition) is 4. The number of fused-ring (bicyclic) bond motifs is 6. The molecule has 3 atom stereocenters. The first-order valence-corrected chi connectivity index (χ1v) is 29.7. The minimum atomic E-state index is -0.595. The summed E-state index contributed by atoms with van der Waals surface area (Å²) in [5.41, 5.74) is 10.3. The molecule has 0 aliphatic heterocycles. The second kappa shape index (κ2) is 25.3. The first-order chi connectivity index (χ1) is 44.4. The molecule has 450 valence electrons. The van der Waals surface area contributed by atoms with E-state index in [1.165, 1.54) is 29.6 Å². The number of para-hydroxylation sites is 3. The molecule has 0 saturated carbocycles. The second-order valence-electron chi connectivity index (χ2n) is 21.8. The van der Waals surface area contributed by atoms with Crippen molar-refractivity contribution >= 4 is 83.5 Å². The number of imidazole rings is 3. The monoisotopic (exact) mass is 1230 g/mol. The number of H-pyrrole nitrogens is 3. The van der Waals surface area contributed by atoms with Gasteiger partial charge in [-0.1, -0.05) is 117 Å². The Balaban J connectivity index is 0.000000125. The van der Waals surface area contributed by atoms with Crippen LogP contribution >= 0.6 is 11.6 Å². The lowest BCUT2D eigenvalue weighted by Crippen LogP contribution is -2.28. The average molecular weight is 1230 g/mol. The van der Waals surface area contributed by atoms with Gasteiger partial charge in [0.05, 0.1) is 74.6 Å². The van der Waals surface area contributed by atoms with Crippen LogP contribution in [0, 0.1) is 12.7 Å². The lowest BCUT2D eigenvalue weighted by Gasteiger charge is -2.22. The molecule has 6 aromatic carbocycles. The Labute approximate surface area is 521 Å². The van der Waals surface area contributed by atoms with Gasteiger partial charge in [-0.25, -0.2) is 59.2 Å². The molecule has 15 rings (SSSR count). The van der Waals surface area contributed by atoms with Gasteiger partial charge in [-0.3, -0.25) is 28.1 Å². The number of nitrogens with one attached hydrogen (secondary N) is 4. The number of nitrogens with zero attached hydrogens (tertiary/aromatic N) is 14. The van der Waals surface area contributed by atoms with Gasteiger partial charge in [-0.05, 0) is 97.9 Å². The number of rotatable bonds is 13. The van der Waals surface area contributed by atoms with Gasteiger partial charge in [-0.2, -0.15) is 0 Å². The molecule has 21 nitrogen and oxygen atoms in total. The Morgan fingerprint density at radius 1 is 0.516 bits per heavy atom. The molecule has 0 bridgehead atoms. The summed E-state index contributed by atoms with van der Waals surface area (Å²) in [6.07, 6.45) is 11.1. The van der Waals surface area contributed by atoms with Crippen molar-refractivity contribution in [3.8, 4) is 17.1 Å². The maximum absolute atomic E-state index is 14.5. The molecule has 0 unspecified atom stereocenters. The molecule has 9 heterocycles. The van der Waals surface area contributed by atoms with E-state index in [9.17, 15) is 18.8 Å². The molecular weight excluding hydrogens is 1170 g/mol. The van der Waals surface area contributed by atoms with Crippen molar-refractivity contribution in [2.45, 2.75) is 64.8 Å². The van der Waals surface area contributed by atoms with Gasteiger partial charge in [0.15, 0.2) is 22.8 Å². The van der Waals surface area contributed by atoms with Crippen LogP contribution in [0.1, 0.15) is 79.4 Å². The Kier molecular flexibility index (Phi) is 16.3. The number of benzene rings is 6. The predicted octanol–water partition coefficient (Wildman–Crippen LogP) is 12.1. The van der Waals surface area contributed by atoms with Crippen molar-refractivity contribution in [3.63, 3.8) is 0 Å². The van der Waals surface area contributed by atoms with Gasteiger partial charge in [-0.15, -0.1) is 0 Å². The zero-order valence-corrected chi connectivity index (χ0v) is 50.2. The summed E-state index contributed by atoms with van der Waals surface area (Å²) < 4.78 is 19.5. The number of aryl methyl sites for hydroxylation is 1. The minimum absolute atomic E-state index is 0.00249. The molecule has 91 heavy (non-hydrogen) atoms. The van der Waals surface area contributed by atoms with Gasteiger partial charge in [0.1, 0.15) is 58.4 Å². The van der Waals surface area contributed by atoms with Crippen LogP contribution in [0.2, 0.25) is 5.02 Å². The molecular formula is C68H56ClFN18O3. The van der Waals surface area contributed by atoms with E-state index in [0.29, 0.717) is 91.7 Å². The van der Waals surface area contributed by atoms with Crippen LogP contribution in [0.3, 0.4) is 0 Å². The van der Waals surface area contributed by atoms with E-state index in [1.807, 2.05) is 129 Å². The normalized spacial score (nSPS) is 12.4. The van der Waals surface area contributed by atoms with Gasteiger partial charge in [0.2, 0.25) is 0 Å². The summed E-state index contributed by atoms with van der Waals surface area (Å²) in [6.45, 7) is 8.10. The number of pyridine rings is 1. The molecule has 0 spiro atoms. The Bertz CT molecular complexity index is 5350. The molecule has 0 fully saturated rings. The maximum Gasteiger partial charge on any atom is 0.269 e. The SMILES string of the molecule is CC[C@H](Nc1ncnc2nc[nH]c12)c1nc2cccc(F)c2c(=O)n1-c1ccccc1.C[C@H](Cc1ncnc2nc[nH]c12)c1cc2cccc(Cl)c2c(=O)n1-c1ccccc1.Cc1ccc2nc([C@H](C)Cc3ncnc4nc[nH]c34)n(-c3ccccc3)c(=O)c2c1. The lowest BCUT2D eigenvalue weighted by atomic mass is 9.97. The average Bonchev–Trinajstić information content (AvgIpc) is 1.79. The summed E-state index contributed by atoms with van der Waals surface area (Å²) in [5.74, 6) is 1.05. The summed E-state index contributed by atoms with van der Waals surface area (Å²) in [7, 11) is 0. The van der Waals surface area contributed by atoms with E-state index in [4.69, 9.17) is 21.6 Å². The van der Waals surface area contributed by atoms with E-state index < -0.39 is 11.4 Å². The fourth-order valence-corrected chi connectivity index (χ4v) is 11.7. The van der Waals surface area contributed by atoms with Gasteiger partial charge < -0.3 is 20.3 Å². The summed E-state index contributed by atoms with van der Waals surface area (Å²) >= 11 is 6.39. The predicted molar refractivity (Wildman–Crippen MR) is 350 cm³/mol. The zero-order valence-electron chi connectivity index (χ0n) is 49.5. The van der Waals surface area contributed by atoms with Gasteiger partial charge in [0.25, 0.3) is 16.7 Å². The van der Waals surface area contributed by atoms with Crippen molar-refractivity contribution in [1.82, 2.24) is 83.5 Å². The van der Waals surface area contributed by atoms with Gasteiger partial charge in [0, 0.05) is 29.6 Å². The quantitative estimate of drug-likeness (QED) is 0.0836. The molecule has 0 radical (unpaired) electrons. The van der Waals surface area contributed by atoms with Gasteiger partial charge >= 0.3 is 0 Å². The smallest absolute Gasteiger partial charge is 0.269 e. The maximum atomic E-state index is 14.5. The molecule has 0 aliphatic carbocycles. The summed E-state index contributed by atoms with van der Waals surface area (Å²) in [6, 6.07) is 45.8. The molecule has 9 aromatic heterocycles. The Morgan fingerprint density at radius 3 is 1.66 bits per heavy atom. The van der Waals surface area contributed by atoms with Crippen molar-refractivity contribution in [2.75, 3.05) is 5.32 Å². The highest BCUT2D eigenvalue weighted by Gasteiger charge is 2.25. The zero-order chi connectivity index (χ0) is 62.7. The van der Waals surface area contributed by atoms with E-state index >= 15 is 0 Å². The third kappa shape index (κ3) is 11.5. The third-order valence-corrected chi connectivity index (χ3v) is 16.1. The molecule has 15 aromatic rings. The number of aromatic nitrogens is 17. The Morgan fingerprint density at radius 2 is 1.04 bits per heavy atom. The fourth-order valence-electron chi connectivity index (χ4n) is 11.4. The number of anilines is 1. The van der Waals surface area contributed by atoms with Crippen LogP contribution in [0.25, 0.3) is 83.1 Å². The topological polar surface area (TPSA) is 267 Å². The number of aromatic amines is 3. The second-order valence-corrected chi connectivity index (χ2v) is 22.2. The number of halogens is 2. The standard InChI is InChI=1S/C23H18ClN5O.C23H20N6O.C22H18FN7O/c1-14(10-18-21-22(27-12-25-18)28-13-26-21)19-11-15-6-5-9-17(24)20(15)23(30)29(19)16-7-3-2-4-8-16;1-14-8-9-18-17(10-14)23(30)29(16-6-4-3-5-7-16)22(28-18)15(2)11-19-20-21(26-12-24-19)27-13-25-20;1-2-15(28-20-18-19(25-11-24-18)26-12-27-20)21-29-16-10-6-9-14(23)17(16)22(31)30(21)13-7-4-3-5-8-13/h2-9,11-14H,10H2,1H3,(H,25,26,27,28);3-10,12-13,15H,11H2,1-2H3,(H,24,25,26,27);3-12,15H,2H2,1H3,(H2,24,25,26,27,28)/t14-;2*15-/m110/s1.